The zero-order chi connectivity index (χ0) is 5.82. The summed E-state index contributed by atoms with van der Waals surface area (Å²) in [7, 11) is 0. The summed E-state index contributed by atoms with van der Waals surface area (Å²) in [6, 6.07) is 5.21. The maximum Gasteiger partial charge on any atom is 0.168 e. The lowest BCUT2D eigenvalue weighted by Gasteiger charge is -1.81. The molecular formula is C6H7NO2. The fourth-order valence-electron chi connectivity index (χ4n) is 0.446. The molecule has 0 saturated carbocycles. The number of hydrogen-bond acceptors (Lipinski definition) is 2. The summed E-state index contributed by atoms with van der Waals surface area (Å²) in [5, 5.41) is 0. The smallest absolute Gasteiger partial charge is 0.168 e. The Morgan fingerprint density at radius 2 is 2.22 bits per heavy atom. The van der Waals surface area contributed by atoms with Gasteiger partial charge in [0, 0.05) is 6.20 Å². The lowest BCUT2D eigenvalue weighted by Crippen LogP contribution is -1.80. The normalized spacial score (nSPS) is 7.56. The molecule has 1 rings (SSSR count). The molecule has 1 heterocycles. The van der Waals surface area contributed by atoms with Gasteiger partial charge in [-0.25, -0.2) is 0 Å². The third-order valence-corrected chi connectivity index (χ3v) is 0.809. The van der Waals surface area contributed by atoms with Gasteiger partial charge in [0.05, 0.1) is 0 Å². The number of pyridine rings is 1. The minimum absolute atomic E-state index is 0. The third kappa shape index (κ3) is 2.01. The average Bonchev–Trinajstić information content (AvgIpc) is 1.90. The molecule has 0 aromatic carbocycles. The van der Waals surface area contributed by atoms with Crippen LogP contribution in [0.25, 0.3) is 0 Å². The minimum atomic E-state index is 0. The third-order valence-electron chi connectivity index (χ3n) is 0.809. The molecule has 0 aliphatic rings. The molecule has 9 heavy (non-hydrogen) atoms. The van der Waals surface area contributed by atoms with Crippen molar-refractivity contribution in [1.82, 2.24) is 4.98 Å². The van der Waals surface area contributed by atoms with Crippen LogP contribution in [0.3, 0.4) is 0 Å². The molecule has 0 atom stereocenters. The predicted octanol–water partition coefficient (Wildman–Crippen LogP) is 0.0694. The van der Waals surface area contributed by atoms with Crippen LogP contribution in [-0.2, 0) is 0 Å². The fourth-order valence-corrected chi connectivity index (χ4v) is 0.446. The molecule has 0 fully saturated rings. The second-order valence-corrected chi connectivity index (χ2v) is 1.37. The minimum Gasteiger partial charge on any atom is -0.412 e. The van der Waals surface area contributed by atoms with Gasteiger partial charge in [0.15, 0.2) is 6.29 Å². The summed E-state index contributed by atoms with van der Waals surface area (Å²) in [5.74, 6) is 0. The second kappa shape index (κ2) is 3.74. The van der Waals surface area contributed by atoms with Gasteiger partial charge in [0.2, 0.25) is 0 Å². The largest absolute Gasteiger partial charge is 0.412 e. The van der Waals surface area contributed by atoms with E-state index in [4.69, 9.17) is 0 Å². The molecule has 48 valence electrons. The van der Waals surface area contributed by atoms with Gasteiger partial charge in [-0.1, -0.05) is 6.07 Å². The highest BCUT2D eigenvalue weighted by Gasteiger charge is 1.81. The molecule has 0 spiro atoms. The van der Waals surface area contributed by atoms with E-state index in [0.717, 1.165) is 6.29 Å². The molecule has 3 heteroatoms. The first-order valence-corrected chi connectivity index (χ1v) is 2.29. The number of carbonyl (C=O) groups excluding carboxylic acids is 1. The van der Waals surface area contributed by atoms with Crippen molar-refractivity contribution in [2.45, 2.75) is 0 Å². The van der Waals surface area contributed by atoms with Gasteiger partial charge >= 0.3 is 0 Å². The molecule has 0 aliphatic heterocycles. The van der Waals surface area contributed by atoms with Crippen molar-refractivity contribution >= 4 is 6.29 Å². The molecule has 0 bridgehead atoms. The molecule has 1 aromatic heterocycles. The first-order valence-electron chi connectivity index (χ1n) is 2.29. The Bertz CT molecular complexity index is 174. The van der Waals surface area contributed by atoms with Crippen molar-refractivity contribution in [2.24, 2.45) is 0 Å². The van der Waals surface area contributed by atoms with Crippen LogP contribution in [0.15, 0.2) is 24.4 Å². The van der Waals surface area contributed by atoms with E-state index in [0.29, 0.717) is 5.69 Å². The zero-order valence-electron chi connectivity index (χ0n) is 4.74. The van der Waals surface area contributed by atoms with Crippen LogP contribution in [0, 0.1) is 0 Å². The van der Waals surface area contributed by atoms with Crippen LogP contribution >= 0.6 is 0 Å². The van der Waals surface area contributed by atoms with Crippen molar-refractivity contribution < 1.29 is 10.3 Å². The lowest BCUT2D eigenvalue weighted by molar-refractivity contribution is 0.111. The highest BCUT2D eigenvalue weighted by molar-refractivity contribution is 5.71. The molecule has 3 nitrogen and oxygen atoms in total. The molecule has 0 saturated heterocycles. The van der Waals surface area contributed by atoms with Crippen molar-refractivity contribution in [3.05, 3.63) is 30.1 Å². The van der Waals surface area contributed by atoms with Crippen LogP contribution in [0.2, 0.25) is 0 Å². The summed E-state index contributed by atoms with van der Waals surface area (Å²) in [5.41, 5.74) is 0.479. The standard InChI is InChI=1S/C6H5NO.H2O/c8-5-6-3-1-2-4-7-6;/h1-5H;1H2. The van der Waals surface area contributed by atoms with Gasteiger partial charge < -0.3 is 5.48 Å². The number of aldehydes is 1. The van der Waals surface area contributed by atoms with Crippen LogP contribution in [0.1, 0.15) is 10.5 Å². The lowest BCUT2D eigenvalue weighted by atomic mass is 10.4. The zero-order valence-corrected chi connectivity index (χ0v) is 4.74. The number of hydrogen-bond donors (Lipinski definition) is 0. The molecule has 0 aliphatic carbocycles. The predicted molar refractivity (Wildman–Crippen MR) is 33.2 cm³/mol. The monoisotopic (exact) mass is 125 g/mol. The summed E-state index contributed by atoms with van der Waals surface area (Å²) in [6.45, 7) is 0. The highest BCUT2D eigenvalue weighted by atomic mass is 16.1. The summed E-state index contributed by atoms with van der Waals surface area (Å²) in [4.78, 5) is 13.7. The Kier molecular flexibility index (Phi) is 3.23. The van der Waals surface area contributed by atoms with E-state index in [1.54, 1.807) is 24.4 Å². The second-order valence-electron chi connectivity index (χ2n) is 1.37. The summed E-state index contributed by atoms with van der Waals surface area (Å²) >= 11 is 0. The van der Waals surface area contributed by atoms with Gasteiger partial charge in [-0.2, -0.15) is 0 Å². The number of aromatic nitrogens is 1. The molecule has 0 unspecified atom stereocenters. The topological polar surface area (TPSA) is 61.5 Å². The van der Waals surface area contributed by atoms with Crippen molar-refractivity contribution in [2.75, 3.05) is 0 Å². The SMILES string of the molecule is O.O=Cc1ccccn1. The Hall–Kier alpha value is -1.22. The quantitative estimate of drug-likeness (QED) is 0.498. The summed E-state index contributed by atoms with van der Waals surface area (Å²) < 4.78 is 0. The Morgan fingerprint density at radius 3 is 2.56 bits per heavy atom. The Morgan fingerprint density at radius 1 is 1.44 bits per heavy atom. The van der Waals surface area contributed by atoms with Gasteiger partial charge in [0.25, 0.3) is 0 Å². The average molecular weight is 125 g/mol. The number of carbonyl (C=O) groups is 1. The van der Waals surface area contributed by atoms with Crippen LogP contribution in [0.4, 0.5) is 0 Å². The number of nitrogens with zero attached hydrogens (tertiary/aromatic N) is 1. The van der Waals surface area contributed by atoms with Gasteiger partial charge in [0.1, 0.15) is 5.69 Å². The molecule has 0 radical (unpaired) electrons. The van der Waals surface area contributed by atoms with Crippen molar-refractivity contribution in [3.63, 3.8) is 0 Å². The molecule has 0 amide bonds. The maximum atomic E-state index is 9.94. The summed E-state index contributed by atoms with van der Waals surface area (Å²) in [6.07, 6.45) is 2.31. The van der Waals surface area contributed by atoms with Gasteiger partial charge in [-0.15, -0.1) is 0 Å². The molecule has 1 aromatic rings. The van der Waals surface area contributed by atoms with E-state index in [-0.39, 0.29) is 5.48 Å². The van der Waals surface area contributed by atoms with E-state index in [1.165, 1.54) is 0 Å². The van der Waals surface area contributed by atoms with E-state index in [1.807, 2.05) is 0 Å². The van der Waals surface area contributed by atoms with Crippen LogP contribution < -0.4 is 0 Å². The van der Waals surface area contributed by atoms with E-state index in [2.05, 4.69) is 4.98 Å². The first-order chi connectivity index (χ1) is 3.93. The van der Waals surface area contributed by atoms with Crippen LogP contribution in [0.5, 0.6) is 0 Å². The first kappa shape index (κ1) is 7.78. The highest BCUT2D eigenvalue weighted by Crippen LogP contribution is 1.85. The van der Waals surface area contributed by atoms with E-state index < -0.39 is 0 Å². The van der Waals surface area contributed by atoms with E-state index >= 15 is 0 Å². The van der Waals surface area contributed by atoms with E-state index in [9.17, 15) is 4.79 Å². The Labute approximate surface area is 52.7 Å². The van der Waals surface area contributed by atoms with Crippen molar-refractivity contribution in [3.8, 4) is 0 Å². The fraction of sp³-hybridized carbons (Fsp3) is 0. The molecular weight excluding hydrogens is 118 g/mol. The molecule has 2 N–H and O–H groups in total. The van der Waals surface area contributed by atoms with Gasteiger partial charge in [-0.3, -0.25) is 9.78 Å². The Balaban J connectivity index is 0.000000640. The maximum absolute atomic E-state index is 9.94. The van der Waals surface area contributed by atoms with Gasteiger partial charge in [-0.05, 0) is 12.1 Å². The van der Waals surface area contributed by atoms with Crippen molar-refractivity contribution in [1.29, 1.82) is 0 Å². The number of rotatable bonds is 1. The van der Waals surface area contributed by atoms with Crippen LogP contribution in [-0.4, -0.2) is 16.7 Å².